The fraction of sp³-hybridized carbons (Fsp3) is 0.830. The number of carbonyl (C=O) groups is 6. The summed E-state index contributed by atoms with van der Waals surface area (Å²) in [4.78, 5) is 78.7. The van der Waals surface area contributed by atoms with E-state index in [4.69, 9.17) is 48.4 Å². The van der Waals surface area contributed by atoms with Gasteiger partial charge in [-0.25, -0.2) is 24.0 Å². The van der Waals surface area contributed by atoms with Crippen LogP contribution >= 0.6 is 0 Å². The van der Waals surface area contributed by atoms with E-state index in [1.54, 1.807) is 110 Å². The van der Waals surface area contributed by atoms with E-state index in [0.29, 0.717) is 0 Å². The highest BCUT2D eigenvalue weighted by atomic mass is 16.7. The van der Waals surface area contributed by atoms with Crippen LogP contribution in [0.4, 0.5) is 24.0 Å². The maximum Gasteiger partial charge on any atom is 0.408 e. The van der Waals surface area contributed by atoms with Crippen molar-refractivity contribution in [1.82, 2.24) is 31.9 Å². The zero-order valence-electron chi connectivity index (χ0n) is 44.8. The number of amides is 6. The topological polar surface area (TPSA) is 365 Å². The van der Waals surface area contributed by atoms with Crippen molar-refractivity contribution in [3.63, 3.8) is 0 Å². The van der Waals surface area contributed by atoms with Gasteiger partial charge < -0.3 is 101 Å². The first-order valence-electron chi connectivity index (χ1n) is 24.3. The number of aliphatic hydroxyl groups excluding tert-OH is 4. The van der Waals surface area contributed by atoms with E-state index >= 15 is 0 Å². The number of nitrogens with two attached hydrogens (primary N) is 1. The summed E-state index contributed by atoms with van der Waals surface area (Å²) < 4.78 is 52.3. The minimum absolute atomic E-state index is 0.149. The summed E-state index contributed by atoms with van der Waals surface area (Å²) in [6.07, 6.45) is -16.1. The molecule has 6 unspecified atom stereocenters. The van der Waals surface area contributed by atoms with Gasteiger partial charge in [-0.05, 0) is 117 Å². The second-order valence-corrected chi connectivity index (χ2v) is 23.0. The Labute approximate surface area is 427 Å². The SMILES string of the molecule is CC(C)(C)OC(=O)NCC[C@H](O)C(=O)N[C@@H]1C[C@@H](NC(=O)OC(C)(C)C)C(O[C@H]2OC(CNC(=O)OC(C)(C)C)C=CC2NC(=O)OC(C)(C)C)C(N)[C@H]1O[C@H]1OC(CO)[C@@H](O)[C@H](NC(=O)OC(C)(C)C)C1O. The van der Waals surface area contributed by atoms with E-state index in [0.717, 1.165) is 0 Å². The van der Waals surface area contributed by atoms with Crippen molar-refractivity contribution < 1.29 is 91.8 Å². The first-order valence-corrected chi connectivity index (χ1v) is 24.3. The van der Waals surface area contributed by atoms with Gasteiger partial charge in [-0.1, -0.05) is 12.2 Å². The van der Waals surface area contributed by atoms with Crippen LogP contribution in [0, 0.1) is 0 Å². The molecule has 3 aliphatic rings. The zero-order valence-corrected chi connectivity index (χ0v) is 44.8. The molecule has 73 heavy (non-hydrogen) atoms. The number of aliphatic hydroxyl groups is 4. The molecule has 0 aromatic heterocycles. The normalized spacial score (nSPS) is 29.3. The maximum atomic E-state index is 13.9. The van der Waals surface area contributed by atoms with Gasteiger partial charge in [-0.15, -0.1) is 0 Å². The molecule has 6 amide bonds. The fourth-order valence-corrected chi connectivity index (χ4v) is 7.46. The third-order valence-electron chi connectivity index (χ3n) is 10.3. The Morgan fingerprint density at radius 3 is 1.56 bits per heavy atom. The molecular weight excluding hydrogens is 967 g/mol. The number of carbonyl (C=O) groups excluding carboxylic acids is 6. The Kier molecular flexibility index (Phi) is 21.9. The van der Waals surface area contributed by atoms with Gasteiger partial charge >= 0.3 is 30.5 Å². The second-order valence-electron chi connectivity index (χ2n) is 23.0. The Morgan fingerprint density at radius 1 is 0.603 bits per heavy atom. The Bertz CT molecular complexity index is 1890. The van der Waals surface area contributed by atoms with E-state index in [1.807, 2.05) is 0 Å². The maximum absolute atomic E-state index is 13.9. The van der Waals surface area contributed by atoms with Gasteiger partial charge in [-0.2, -0.15) is 0 Å². The second kappa shape index (κ2) is 25.6. The van der Waals surface area contributed by atoms with E-state index in [1.165, 1.54) is 6.08 Å². The third-order valence-corrected chi connectivity index (χ3v) is 10.3. The van der Waals surface area contributed by atoms with Crippen LogP contribution in [-0.4, -0.2) is 190 Å². The summed E-state index contributed by atoms with van der Waals surface area (Å²) in [5.74, 6) is -0.992. The molecule has 26 nitrogen and oxygen atoms in total. The monoisotopic (exact) mass is 1050 g/mol. The summed E-state index contributed by atoms with van der Waals surface area (Å²) in [7, 11) is 0. The lowest BCUT2D eigenvalue weighted by molar-refractivity contribution is -0.303. The largest absolute Gasteiger partial charge is 0.444 e. The summed E-state index contributed by atoms with van der Waals surface area (Å²) in [6, 6.07) is -6.79. The van der Waals surface area contributed by atoms with Crippen LogP contribution in [0.2, 0.25) is 0 Å². The summed E-state index contributed by atoms with van der Waals surface area (Å²) in [6.45, 7) is 23.5. The Balaban J connectivity index is 2.13. The van der Waals surface area contributed by atoms with Crippen molar-refractivity contribution in [3.05, 3.63) is 12.2 Å². The standard InChI is InChI=1S/C47H83N7O19/c1-43(2,3)69-38(60)49-19-18-27(56)35(59)51-25-20-26(53-41(63)72-46(10,11)12)34(29(48)33(25)68-37-32(58)30(31(57)28(22-55)66-37)54-42(64)73-47(13,14)15)67-36-24(52-40(62)71-45(7,8)9)17-16-23(65-36)21-50-39(61)70-44(4,5)6/h16-17,23-34,36-37,55-58H,18-22,48H2,1-15H3,(H,49,60)(H,50,61)(H,51,59)(H,52,62)(H,53,63)(H,54,64)/t23?,24?,25-,26-,27+,28?,29?,30+,31-,32?,33+,34?,36-,37-/m1/s1. The van der Waals surface area contributed by atoms with E-state index < -0.39 is 157 Å². The highest BCUT2D eigenvalue weighted by Gasteiger charge is 2.53. The van der Waals surface area contributed by atoms with Crippen LogP contribution < -0.4 is 37.6 Å². The molecule has 0 aromatic carbocycles. The number of ether oxygens (including phenoxy) is 9. The molecule has 2 aliphatic heterocycles. The first kappa shape index (κ1) is 62.5. The van der Waals surface area contributed by atoms with Crippen LogP contribution in [-0.2, 0) is 47.4 Å². The molecule has 0 radical (unpaired) electrons. The van der Waals surface area contributed by atoms with Crippen LogP contribution in [0.25, 0.3) is 0 Å². The predicted molar refractivity (Wildman–Crippen MR) is 258 cm³/mol. The van der Waals surface area contributed by atoms with E-state index in [9.17, 15) is 49.2 Å². The van der Waals surface area contributed by atoms with Crippen molar-refractivity contribution in [1.29, 1.82) is 0 Å². The van der Waals surface area contributed by atoms with Crippen molar-refractivity contribution in [2.45, 2.75) is 230 Å². The first-order chi connectivity index (χ1) is 33.3. The summed E-state index contributed by atoms with van der Waals surface area (Å²) in [5, 5.41) is 59.9. The van der Waals surface area contributed by atoms with Gasteiger partial charge in [0.15, 0.2) is 12.6 Å². The molecule has 2 fully saturated rings. The van der Waals surface area contributed by atoms with Crippen LogP contribution in [0.3, 0.4) is 0 Å². The van der Waals surface area contributed by atoms with E-state index in [-0.39, 0.29) is 25.9 Å². The third kappa shape index (κ3) is 21.9. The van der Waals surface area contributed by atoms with Crippen LogP contribution in [0.1, 0.15) is 117 Å². The number of nitrogens with one attached hydrogen (secondary N) is 6. The lowest BCUT2D eigenvalue weighted by Gasteiger charge is -2.49. The van der Waals surface area contributed by atoms with Gasteiger partial charge in [0.05, 0.1) is 55.6 Å². The molecule has 1 aliphatic carbocycles. The zero-order chi connectivity index (χ0) is 55.6. The predicted octanol–water partition coefficient (Wildman–Crippen LogP) is 1.17. The smallest absolute Gasteiger partial charge is 0.408 e. The average molecular weight is 1050 g/mol. The Hall–Kier alpha value is -4.80. The molecule has 12 N–H and O–H groups in total. The molecular formula is C47H83N7O19. The summed E-state index contributed by atoms with van der Waals surface area (Å²) in [5.41, 5.74) is 2.50. The molecule has 0 aromatic rings. The van der Waals surface area contributed by atoms with Crippen molar-refractivity contribution in [3.8, 4) is 0 Å². The van der Waals surface area contributed by atoms with Gasteiger partial charge in [-0.3, -0.25) is 4.79 Å². The quantitative estimate of drug-likeness (QED) is 0.0810. The van der Waals surface area contributed by atoms with E-state index in [2.05, 4.69) is 31.9 Å². The number of hydrogen-bond acceptors (Lipinski definition) is 20. The van der Waals surface area contributed by atoms with Crippen molar-refractivity contribution >= 4 is 36.4 Å². The Morgan fingerprint density at radius 2 is 1.05 bits per heavy atom. The summed E-state index contributed by atoms with van der Waals surface area (Å²) >= 11 is 0. The molecule has 14 atom stereocenters. The number of hydrogen-bond donors (Lipinski definition) is 11. The van der Waals surface area contributed by atoms with Crippen LogP contribution in [0.5, 0.6) is 0 Å². The van der Waals surface area contributed by atoms with Gasteiger partial charge in [0.2, 0.25) is 5.91 Å². The minimum Gasteiger partial charge on any atom is -0.444 e. The molecule has 26 heteroatoms. The molecule has 1 saturated heterocycles. The molecule has 0 spiro atoms. The highest BCUT2D eigenvalue weighted by Crippen LogP contribution is 2.32. The minimum atomic E-state index is -1.91. The molecule has 2 heterocycles. The molecule has 3 rings (SSSR count). The highest BCUT2D eigenvalue weighted by molar-refractivity contribution is 5.81. The number of alkyl carbamates (subject to hydrolysis) is 5. The lowest BCUT2D eigenvalue weighted by Crippen LogP contribution is -2.72. The van der Waals surface area contributed by atoms with Crippen molar-refractivity contribution in [2.24, 2.45) is 5.73 Å². The lowest BCUT2D eigenvalue weighted by atomic mass is 9.81. The molecule has 420 valence electrons. The molecule has 1 saturated carbocycles. The van der Waals surface area contributed by atoms with Gasteiger partial charge in [0, 0.05) is 6.54 Å². The van der Waals surface area contributed by atoms with Crippen molar-refractivity contribution in [2.75, 3.05) is 19.7 Å². The average Bonchev–Trinajstić information content (AvgIpc) is 3.19. The molecule has 0 bridgehead atoms. The number of rotatable bonds is 15. The van der Waals surface area contributed by atoms with Gasteiger partial charge in [0.1, 0.15) is 58.5 Å². The fourth-order valence-electron chi connectivity index (χ4n) is 7.46. The van der Waals surface area contributed by atoms with Gasteiger partial charge in [0.25, 0.3) is 0 Å². The van der Waals surface area contributed by atoms with Crippen LogP contribution in [0.15, 0.2) is 12.2 Å².